The lowest BCUT2D eigenvalue weighted by atomic mass is 10.0. The van der Waals surface area contributed by atoms with E-state index < -0.39 is 6.10 Å². The van der Waals surface area contributed by atoms with Gasteiger partial charge in [-0.25, -0.2) is 0 Å². The molecule has 0 saturated carbocycles. The van der Waals surface area contributed by atoms with Gasteiger partial charge in [-0.1, -0.05) is 244 Å². The molecule has 0 spiro atoms. The molecular weight excluding hydrogens is 745 g/mol. The Morgan fingerprint density at radius 3 is 0.900 bits per heavy atom. The summed E-state index contributed by atoms with van der Waals surface area (Å²) >= 11 is 0. The molecule has 0 bridgehead atoms. The Kier molecular flexibility index (Phi) is 47.8. The van der Waals surface area contributed by atoms with Gasteiger partial charge in [-0.2, -0.15) is 0 Å². The van der Waals surface area contributed by atoms with Crippen molar-refractivity contribution in [2.45, 2.75) is 290 Å². The van der Waals surface area contributed by atoms with Crippen LogP contribution in [0.1, 0.15) is 284 Å². The molecule has 0 aromatic heterocycles. The number of allylic oxidation sites excluding steroid dienone is 4. The molecule has 1 unspecified atom stereocenters. The molecule has 0 aliphatic rings. The summed E-state index contributed by atoms with van der Waals surface area (Å²) < 4.78 is 16.8. The van der Waals surface area contributed by atoms with Crippen LogP contribution in [0.2, 0.25) is 0 Å². The van der Waals surface area contributed by atoms with E-state index in [-0.39, 0.29) is 31.1 Å². The van der Waals surface area contributed by atoms with E-state index in [9.17, 15) is 14.4 Å². The van der Waals surface area contributed by atoms with E-state index in [2.05, 4.69) is 45.1 Å². The SMILES string of the molecule is CCCCCCCCC/C=C\C=C/CCCCCC(=O)OCC(COC(=O)CCCCCCCCCCCCC)OC(=O)CCCCCCCCCCCCCCCCC. The maximum Gasteiger partial charge on any atom is 0.306 e. The van der Waals surface area contributed by atoms with Crippen LogP contribution in [0.5, 0.6) is 0 Å². The molecule has 0 aromatic carbocycles. The molecule has 0 radical (unpaired) electrons. The van der Waals surface area contributed by atoms with E-state index >= 15 is 0 Å². The number of unbranched alkanes of at least 4 members (excludes halogenated alkanes) is 34. The maximum absolute atomic E-state index is 12.8. The second-order valence-electron chi connectivity index (χ2n) is 17.8. The first kappa shape index (κ1) is 57.9. The normalized spacial score (nSPS) is 12.1. The second-order valence-corrected chi connectivity index (χ2v) is 17.8. The molecule has 6 nitrogen and oxygen atoms in total. The Bertz CT molecular complexity index is 973. The molecule has 0 saturated heterocycles. The van der Waals surface area contributed by atoms with Gasteiger partial charge in [-0.15, -0.1) is 0 Å². The minimum absolute atomic E-state index is 0.0748. The van der Waals surface area contributed by atoms with Crippen LogP contribution >= 0.6 is 0 Å². The van der Waals surface area contributed by atoms with Gasteiger partial charge in [0.1, 0.15) is 13.2 Å². The van der Waals surface area contributed by atoms with Crippen molar-refractivity contribution in [2.24, 2.45) is 0 Å². The Morgan fingerprint density at radius 2 is 0.583 bits per heavy atom. The van der Waals surface area contributed by atoms with Gasteiger partial charge in [-0.3, -0.25) is 14.4 Å². The lowest BCUT2D eigenvalue weighted by molar-refractivity contribution is -0.167. The molecule has 6 heteroatoms. The van der Waals surface area contributed by atoms with Crippen LogP contribution in [0.15, 0.2) is 24.3 Å². The van der Waals surface area contributed by atoms with E-state index in [0.29, 0.717) is 19.3 Å². The molecule has 0 amide bonds. The zero-order chi connectivity index (χ0) is 43.7. The molecule has 0 N–H and O–H groups in total. The van der Waals surface area contributed by atoms with Gasteiger partial charge in [0.2, 0.25) is 0 Å². The van der Waals surface area contributed by atoms with Crippen LogP contribution in [-0.4, -0.2) is 37.2 Å². The Balaban J connectivity index is 4.36. The average molecular weight is 845 g/mol. The smallest absolute Gasteiger partial charge is 0.306 e. The van der Waals surface area contributed by atoms with Gasteiger partial charge >= 0.3 is 17.9 Å². The molecule has 0 heterocycles. The third-order valence-electron chi connectivity index (χ3n) is 11.7. The van der Waals surface area contributed by atoms with E-state index in [4.69, 9.17) is 14.2 Å². The van der Waals surface area contributed by atoms with Crippen molar-refractivity contribution in [3.05, 3.63) is 24.3 Å². The summed E-state index contributed by atoms with van der Waals surface area (Å²) in [4.78, 5) is 37.9. The molecule has 0 aliphatic carbocycles. The highest BCUT2D eigenvalue weighted by molar-refractivity contribution is 5.71. The third kappa shape index (κ3) is 46.9. The van der Waals surface area contributed by atoms with Gasteiger partial charge in [0.05, 0.1) is 0 Å². The zero-order valence-corrected chi connectivity index (χ0v) is 40.2. The fourth-order valence-electron chi connectivity index (χ4n) is 7.73. The third-order valence-corrected chi connectivity index (χ3v) is 11.7. The van der Waals surface area contributed by atoms with Gasteiger partial charge in [0.25, 0.3) is 0 Å². The lowest BCUT2D eigenvalue weighted by Crippen LogP contribution is -2.30. The van der Waals surface area contributed by atoms with E-state index in [1.165, 1.54) is 173 Å². The molecule has 0 rings (SSSR count). The predicted octanol–water partition coefficient (Wildman–Crippen LogP) is 17.2. The van der Waals surface area contributed by atoms with Crippen LogP contribution in [0, 0.1) is 0 Å². The largest absolute Gasteiger partial charge is 0.462 e. The summed E-state index contributed by atoms with van der Waals surface area (Å²) in [6.45, 7) is 6.63. The molecule has 1 atom stereocenters. The number of rotatable bonds is 48. The van der Waals surface area contributed by atoms with Crippen molar-refractivity contribution in [1.29, 1.82) is 0 Å². The minimum Gasteiger partial charge on any atom is -0.462 e. The van der Waals surface area contributed by atoms with Crippen LogP contribution < -0.4 is 0 Å². The molecule has 0 aromatic rings. The molecule has 60 heavy (non-hydrogen) atoms. The number of carbonyl (C=O) groups excluding carboxylic acids is 3. The molecule has 0 aliphatic heterocycles. The summed E-state index contributed by atoms with van der Waals surface area (Å²) in [7, 11) is 0. The van der Waals surface area contributed by atoms with Crippen molar-refractivity contribution >= 4 is 17.9 Å². The molecule has 0 fully saturated rings. The van der Waals surface area contributed by atoms with Gasteiger partial charge in [0, 0.05) is 19.3 Å². The number of hydrogen-bond acceptors (Lipinski definition) is 6. The highest BCUT2D eigenvalue weighted by Gasteiger charge is 2.19. The van der Waals surface area contributed by atoms with Gasteiger partial charge in [0.15, 0.2) is 6.10 Å². The monoisotopic (exact) mass is 845 g/mol. The van der Waals surface area contributed by atoms with Crippen molar-refractivity contribution in [3.63, 3.8) is 0 Å². The molecular formula is C54H100O6. The first-order valence-corrected chi connectivity index (χ1v) is 26.4. The number of carbonyl (C=O) groups is 3. The highest BCUT2D eigenvalue weighted by atomic mass is 16.6. The van der Waals surface area contributed by atoms with Crippen LogP contribution in [0.4, 0.5) is 0 Å². The fraction of sp³-hybridized carbons (Fsp3) is 0.870. The zero-order valence-electron chi connectivity index (χ0n) is 40.2. The Hall–Kier alpha value is -2.11. The van der Waals surface area contributed by atoms with Gasteiger partial charge in [-0.05, 0) is 44.9 Å². The Morgan fingerprint density at radius 1 is 0.333 bits per heavy atom. The van der Waals surface area contributed by atoms with Crippen molar-refractivity contribution < 1.29 is 28.6 Å². The van der Waals surface area contributed by atoms with E-state index in [1.807, 2.05) is 0 Å². The first-order valence-electron chi connectivity index (χ1n) is 26.4. The summed E-state index contributed by atoms with van der Waals surface area (Å²) in [5.41, 5.74) is 0. The fourth-order valence-corrected chi connectivity index (χ4v) is 7.73. The number of hydrogen-bond donors (Lipinski definition) is 0. The van der Waals surface area contributed by atoms with Crippen LogP contribution in [0.25, 0.3) is 0 Å². The van der Waals surface area contributed by atoms with Gasteiger partial charge < -0.3 is 14.2 Å². The lowest BCUT2D eigenvalue weighted by Gasteiger charge is -2.18. The van der Waals surface area contributed by atoms with Crippen molar-refractivity contribution in [3.8, 4) is 0 Å². The number of ether oxygens (including phenoxy) is 3. The summed E-state index contributed by atoms with van der Waals surface area (Å²) in [5.74, 6) is -0.888. The topological polar surface area (TPSA) is 78.9 Å². The predicted molar refractivity (Wildman–Crippen MR) is 256 cm³/mol. The summed E-state index contributed by atoms with van der Waals surface area (Å²) in [6, 6.07) is 0. The number of esters is 3. The summed E-state index contributed by atoms with van der Waals surface area (Å²) in [6.07, 6.45) is 55.9. The minimum atomic E-state index is -0.775. The first-order chi connectivity index (χ1) is 29.5. The standard InChI is InChI=1S/C54H100O6/c1-4-7-10-13-16-19-22-24-26-28-29-32-35-38-41-44-47-53(56)59-50-51(49-58-52(55)46-43-40-37-34-31-21-18-15-12-9-6-3)60-54(57)48-45-42-39-36-33-30-27-25-23-20-17-14-11-8-5-2/h26,28-29,32,51H,4-25,27,30-31,33-50H2,1-3H3/b28-26-,32-29-. The van der Waals surface area contributed by atoms with Crippen LogP contribution in [-0.2, 0) is 28.6 Å². The van der Waals surface area contributed by atoms with E-state index in [0.717, 1.165) is 70.6 Å². The quantitative estimate of drug-likeness (QED) is 0.0263. The average Bonchev–Trinajstić information content (AvgIpc) is 3.24. The Labute approximate surface area is 373 Å². The maximum atomic E-state index is 12.8. The van der Waals surface area contributed by atoms with Crippen LogP contribution in [0.3, 0.4) is 0 Å². The summed E-state index contributed by atoms with van der Waals surface area (Å²) in [5, 5.41) is 0. The van der Waals surface area contributed by atoms with Crippen molar-refractivity contribution in [1.82, 2.24) is 0 Å². The molecule has 352 valence electrons. The second kappa shape index (κ2) is 49.5. The van der Waals surface area contributed by atoms with Crippen molar-refractivity contribution in [2.75, 3.05) is 13.2 Å². The van der Waals surface area contributed by atoms with E-state index in [1.54, 1.807) is 0 Å². The highest BCUT2D eigenvalue weighted by Crippen LogP contribution is 2.16.